The lowest BCUT2D eigenvalue weighted by molar-refractivity contribution is -0.136. The van der Waals surface area contributed by atoms with Crippen molar-refractivity contribution in [3.05, 3.63) is 59.8 Å². The van der Waals surface area contributed by atoms with E-state index >= 15 is 0 Å². The predicted octanol–water partition coefficient (Wildman–Crippen LogP) is 3.03. The molecule has 64 heavy (non-hydrogen) atoms. The van der Waals surface area contributed by atoms with Crippen molar-refractivity contribution >= 4 is 56.3 Å². The Labute approximate surface area is 371 Å². The Hall–Kier alpha value is -5.38. The molecule has 4 aliphatic rings. The maximum Gasteiger partial charge on any atom is 0.264 e. The van der Waals surface area contributed by atoms with Gasteiger partial charge in [-0.15, -0.1) is 0 Å². The third kappa shape index (κ3) is 9.81. The van der Waals surface area contributed by atoms with Crippen molar-refractivity contribution < 1.29 is 42.2 Å². The largest absolute Gasteiger partial charge is 0.393 e. The molecule has 2 aromatic carbocycles. The van der Waals surface area contributed by atoms with Crippen LogP contribution in [0.1, 0.15) is 85.0 Å². The first-order valence-corrected chi connectivity index (χ1v) is 23.7. The summed E-state index contributed by atoms with van der Waals surface area (Å²) < 4.78 is 42.5. The van der Waals surface area contributed by atoms with Crippen LogP contribution in [-0.4, -0.2) is 155 Å². The Morgan fingerprint density at radius 2 is 1.61 bits per heavy atom. The standard InChI is InChI=1S/C44H56N10O9S/c1-2-3-17-46-44-47-28-34-39(50-54(40(34)49-44)30-9-11-31(55)12-10-30)29-7-13-32(14-8-29)64(60,61)52-21-19-51(20-22-52)23-25-63-27-26-62-24-18-45-35-6-4-5-33-38(35)43(59)53(42(33)58)36-15-16-37(56)48-41(36)57/h4-8,13-14,28,30-31,36,45,55H,2-3,9-12,15-27H2,1H3,(H,46,47,49)(H,48,56,57)/t30-,31-,36?. The van der Waals surface area contributed by atoms with Gasteiger partial charge in [-0.1, -0.05) is 31.5 Å². The number of amides is 4. The summed E-state index contributed by atoms with van der Waals surface area (Å²) in [5.74, 6) is -1.67. The first kappa shape index (κ1) is 45.2. The van der Waals surface area contributed by atoms with E-state index in [0.29, 0.717) is 95.9 Å². The first-order valence-electron chi connectivity index (χ1n) is 22.3. The zero-order chi connectivity index (χ0) is 44.8. The Morgan fingerprint density at radius 3 is 2.34 bits per heavy atom. The number of ether oxygens (including phenoxy) is 2. The van der Waals surface area contributed by atoms with Gasteiger partial charge >= 0.3 is 0 Å². The molecule has 19 nitrogen and oxygen atoms in total. The number of rotatable bonds is 19. The number of aliphatic hydroxyl groups is 1. The number of carbonyl (C=O) groups excluding carboxylic acids is 4. The Balaban J connectivity index is 0.762. The van der Waals surface area contributed by atoms with E-state index < -0.39 is 39.7 Å². The minimum absolute atomic E-state index is 0.0516. The monoisotopic (exact) mass is 900 g/mol. The number of aromatic nitrogens is 4. The number of unbranched alkanes of at least 4 members (excludes halogenated alkanes) is 1. The fourth-order valence-corrected chi connectivity index (χ4v) is 10.1. The van der Waals surface area contributed by atoms with Crippen molar-refractivity contribution in [2.75, 3.05) is 82.9 Å². The van der Waals surface area contributed by atoms with Gasteiger partial charge in [-0.05, 0) is 62.8 Å². The maximum absolute atomic E-state index is 13.7. The number of piperidine rings is 1. The third-order valence-corrected chi connectivity index (χ3v) is 14.2. The summed E-state index contributed by atoms with van der Waals surface area (Å²) in [5, 5.41) is 24.6. The number of imide groups is 2. The number of nitrogens with zero attached hydrogens (tertiary/aromatic N) is 7. The summed E-state index contributed by atoms with van der Waals surface area (Å²) in [7, 11) is -3.73. The van der Waals surface area contributed by atoms with Crippen LogP contribution in [0, 0.1) is 0 Å². The summed E-state index contributed by atoms with van der Waals surface area (Å²) in [5.41, 5.74) is 3.05. The van der Waals surface area contributed by atoms with Gasteiger partial charge in [0.2, 0.25) is 27.8 Å². The van der Waals surface area contributed by atoms with Crippen molar-refractivity contribution in [1.29, 1.82) is 0 Å². The second kappa shape index (κ2) is 20.2. The molecule has 4 aromatic rings. The molecule has 3 aliphatic heterocycles. The number of aliphatic hydroxyl groups excluding tert-OH is 1. The average Bonchev–Trinajstić information content (AvgIpc) is 3.80. The van der Waals surface area contributed by atoms with Gasteiger partial charge < -0.3 is 25.2 Å². The highest BCUT2D eigenvalue weighted by Gasteiger charge is 2.45. The third-order valence-electron chi connectivity index (χ3n) is 12.3. The van der Waals surface area contributed by atoms with E-state index in [0.717, 1.165) is 53.7 Å². The lowest BCUT2D eigenvalue weighted by atomic mass is 9.93. The molecule has 4 amide bonds. The number of carbonyl (C=O) groups is 4. The smallest absolute Gasteiger partial charge is 0.264 e. The Bertz CT molecular complexity index is 2450. The number of hydrogen-bond donors (Lipinski definition) is 4. The Kier molecular flexibility index (Phi) is 14.3. The maximum atomic E-state index is 13.7. The molecule has 5 heterocycles. The summed E-state index contributed by atoms with van der Waals surface area (Å²) in [6.07, 6.45) is 6.67. The average molecular weight is 901 g/mol. The fraction of sp³-hybridized carbons (Fsp3) is 0.523. The molecule has 0 spiro atoms. The van der Waals surface area contributed by atoms with Crippen LogP contribution in [0.3, 0.4) is 0 Å². The lowest BCUT2D eigenvalue weighted by Gasteiger charge is -2.33. The van der Waals surface area contributed by atoms with Gasteiger partial charge in [0, 0.05) is 69.7 Å². The molecule has 8 rings (SSSR count). The van der Waals surface area contributed by atoms with Crippen molar-refractivity contribution in [3.8, 4) is 11.3 Å². The van der Waals surface area contributed by atoms with Crippen molar-refractivity contribution in [2.45, 2.75) is 81.4 Å². The van der Waals surface area contributed by atoms with Gasteiger partial charge in [0.15, 0.2) is 5.65 Å². The number of anilines is 2. The topological polar surface area (TPSA) is 231 Å². The van der Waals surface area contributed by atoms with Crippen molar-refractivity contribution in [3.63, 3.8) is 0 Å². The number of piperazine rings is 1. The van der Waals surface area contributed by atoms with E-state index in [1.807, 2.05) is 4.68 Å². The van der Waals surface area contributed by atoms with E-state index in [-0.39, 0.29) is 41.0 Å². The van der Waals surface area contributed by atoms with Crippen LogP contribution >= 0.6 is 0 Å². The highest BCUT2D eigenvalue weighted by molar-refractivity contribution is 7.89. The van der Waals surface area contributed by atoms with Crippen molar-refractivity contribution in [2.24, 2.45) is 0 Å². The van der Waals surface area contributed by atoms with Gasteiger partial charge in [-0.3, -0.25) is 34.3 Å². The number of benzene rings is 2. The molecule has 0 bridgehead atoms. The number of hydrogen-bond acceptors (Lipinski definition) is 15. The summed E-state index contributed by atoms with van der Waals surface area (Å²) in [6.45, 7) is 7.24. The second-order valence-corrected chi connectivity index (χ2v) is 18.5. The zero-order valence-electron chi connectivity index (χ0n) is 36.0. The zero-order valence-corrected chi connectivity index (χ0v) is 36.9. The molecule has 4 N–H and O–H groups in total. The number of fused-ring (bicyclic) bond motifs is 2. The van der Waals surface area contributed by atoms with Gasteiger partial charge in [0.1, 0.15) is 11.7 Å². The van der Waals surface area contributed by atoms with Crippen LogP contribution in [0.25, 0.3) is 22.3 Å². The van der Waals surface area contributed by atoms with E-state index in [9.17, 15) is 32.7 Å². The molecular formula is C44H56N10O9S. The predicted molar refractivity (Wildman–Crippen MR) is 236 cm³/mol. The lowest BCUT2D eigenvalue weighted by Crippen LogP contribution is -2.54. The SMILES string of the molecule is CCCCNc1ncc2c(-c3ccc(S(=O)(=O)N4CCN(CCOCCOCCNc5cccc6c5C(=O)N(C5CCC(=O)NC5=O)C6=O)CC4)cc3)nn([C@H]3CC[C@H](O)CC3)c2n1. The molecule has 342 valence electrons. The molecular weight excluding hydrogens is 845 g/mol. The number of sulfonamides is 1. The first-order chi connectivity index (χ1) is 31.0. The molecule has 1 saturated carbocycles. The molecule has 2 aromatic heterocycles. The molecule has 1 aliphatic carbocycles. The normalized spacial score (nSPS) is 21.1. The molecule has 3 fully saturated rings. The second-order valence-electron chi connectivity index (χ2n) is 16.6. The molecule has 1 unspecified atom stereocenters. The van der Waals surface area contributed by atoms with Gasteiger partial charge in [-0.2, -0.15) is 14.4 Å². The molecule has 2 saturated heterocycles. The number of nitrogens with one attached hydrogen (secondary N) is 3. The van der Waals surface area contributed by atoms with E-state index in [1.165, 1.54) is 4.31 Å². The van der Waals surface area contributed by atoms with E-state index in [4.69, 9.17) is 19.6 Å². The van der Waals surface area contributed by atoms with E-state index in [2.05, 4.69) is 32.8 Å². The molecule has 1 atom stereocenters. The summed E-state index contributed by atoms with van der Waals surface area (Å²) in [6, 6.07) is 10.8. The van der Waals surface area contributed by atoms with Gasteiger partial charge in [0.25, 0.3) is 11.8 Å². The van der Waals surface area contributed by atoms with Crippen LogP contribution in [0.4, 0.5) is 11.6 Å². The minimum Gasteiger partial charge on any atom is -0.393 e. The summed E-state index contributed by atoms with van der Waals surface area (Å²) >= 11 is 0. The van der Waals surface area contributed by atoms with E-state index in [1.54, 1.807) is 48.7 Å². The molecule has 0 radical (unpaired) electrons. The van der Waals surface area contributed by atoms with Gasteiger partial charge in [-0.25, -0.2) is 18.1 Å². The highest BCUT2D eigenvalue weighted by Crippen LogP contribution is 2.36. The quantitative estimate of drug-likeness (QED) is 0.0783. The fourth-order valence-electron chi connectivity index (χ4n) is 8.72. The van der Waals surface area contributed by atoms with Crippen LogP contribution in [0.15, 0.2) is 53.6 Å². The van der Waals surface area contributed by atoms with Crippen LogP contribution in [0.5, 0.6) is 0 Å². The Morgan fingerprint density at radius 1 is 0.859 bits per heavy atom. The highest BCUT2D eigenvalue weighted by atomic mass is 32.2. The van der Waals surface area contributed by atoms with Crippen LogP contribution in [-0.2, 0) is 29.1 Å². The van der Waals surface area contributed by atoms with Crippen LogP contribution in [0.2, 0.25) is 0 Å². The molecule has 20 heteroatoms. The van der Waals surface area contributed by atoms with Crippen LogP contribution < -0.4 is 16.0 Å². The van der Waals surface area contributed by atoms with Crippen molar-refractivity contribution in [1.82, 2.24) is 39.2 Å². The minimum atomic E-state index is -3.73. The summed E-state index contributed by atoms with van der Waals surface area (Å²) in [4.78, 5) is 63.1. The van der Waals surface area contributed by atoms with Gasteiger partial charge in [0.05, 0.1) is 60.0 Å².